The molecule has 2 aliphatic rings. The highest BCUT2D eigenvalue weighted by Gasteiger charge is 2.50. The zero-order valence-electron chi connectivity index (χ0n) is 15.6. The largest absolute Gasteiger partial charge is 0.370 e. The van der Waals surface area contributed by atoms with Gasteiger partial charge in [-0.1, -0.05) is 0 Å². The van der Waals surface area contributed by atoms with Gasteiger partial charge in [0.25, 0.3) is 0 Å². The number of rotatable bonds is 4. The molecular weight excluding hydrogens is 352 g/mol. The number of imidazole rings is 1. The van der Waals surface area contributed by atoms with Gasteiger partial charge in [0.2, 0.25) is 0 Å². The molecule has 1 N–H and O–H groups in total. The monoisotopic (exact) mass is 372 g/mol. The van der Waals surface area contributed by atoms with Crippen molar-refractivity contribution in [2.24, 2.45) is 5.41 Å². The standard InChI is InChI=1S/C20H20N8/c1-26-10-20(11-26)12-28(13-20)17-4-2-16(3-5-17)27-9-19(24-14-27)25-18-8-22-15(6-21)7-23-18/h2-5,7-9,14H,10-13H2,1H3,(H,23,25). The molecule has 8 heteroatoms. The molecule has 0 saturated carbocycles. The lowest BCUT2D eigenvalue weighted by molar-refractivity contribution is -0.00238. The van der Waals surface area contributed by atoms with E-state index in [1.807, 2.05) is 16.8 Å². The third-order valence-electron chi connectivity index (χ3n) is 5.38. The van der Waals surface area contributed by atoms with E-state index < -0.39 is 0 Å². The highest BCUT2D eigenvalue weighted by Crippen LogP contribution is 2.41. The van der Waals surface area contributed by atoms with Crippen LogP contribution in [0, 0.1) is 16.7 Å². The number of benzene rings is 1. The molecule has 1 aromatic carbocycles. The van der Waals surface area contributed by atoms with Crippen molar-refractivity contribution >= 4 is 17.3 Å². The first-order valence-corrected chi connectivity index (χ1v) is 9.20. The second-order valence-electron chi connectivity index (χ2n) is 7.73. The van der Waals surface area contributed by atoms with Crippen LogP contribution in [0.4, 0.5) is 17.3 Å². The highest BCUT2D eigenvalue weighted by molar-refractivity contribution is 5.55. The lowest BCUT2D eigenvalue weighted by Crippen LogP contribution is -2.71. The molecule has 3 aromatic rings. The van der Waals surface area contributed by atoms with Crippen molar-refractivity contribution in [1.29, 1.82) is 5.26 Å². The predicted octanol–water partition coefficient (Wildman–Crippen LogP) is 2.03. The van der Waals surface area contributed by atoms with E-state index in [9.17, 15) is 0 Å². The Labute approximate surface area is 163 Å². The van der Waals surface area contributed by atoms with Crippen molar-refractivity contribution in [2.45, 2.75) is 0 Å². The van der Waals surface area contributed by atoms with Gasteiger partial charge >= 0.3 is 0 Å². The molecule has 4 heterocycles. The normalized spacial score (nSPS) is 17.6. The fraction of sp³-hybridized carbons (Fsp3) is 0.300. The van der Waals surface area contributed by atoms with E-state index in [2.05, 4.69) is 61.4 Å². The molecule has 0 amide bonds. The average molecular weight is 372 g/mol. The average Bonchev–Trinajstić information content (AvgIpc) is 3.13. The molecule has 2 aliphatic heterocycles. The third kappa shape index (κ3) is 2.96. The summed E-state index contributed by atoms with van der Waals surface area (Å²) in [7, 11) is 2.19. The van der Waals surface area contributed by atoms with Crippen LogP contribution in [0.3, 0.4) is 0 Å². The Hall–Kier alpha value is -3.44. The number of nitrogens with one attached hydrogen (secondary N) is 1. The summed E-state index contributed by atoms with van der Waals surface area (Å²) in [5, 5.41) is 11.9. The number of hydrogen-bond acceptors (Lipinski definition) is 7. The van der Waals surface area contributed by atoms with Gasteiger partial charge in [0, 0.05) is 43.0 Å². The van der Waals surface area contributed by atoms with Crippen LogP contribution in [-0.4, -0.2) is 57.6 Å². The summed E-state index contributed by atoms with van der Waals surface area (Å²) in [4.78, 5) is 17.3. The van der Waals surface area contributed by atoms with Gasteiger partial charge in [-0.05, 0) is 31.3 Å². The quantitative estimate of drug-likeness (QED) is 0.750. The van der Waals surface area contributed by atoms with Gasteiger partial charge in [0.15, 0.2) is 5.69 Å². The Kier molecular flexibility index (Phi) is 3.77. The van der Waals surface area contributed by atoms with Crippen molar-refractivity contribution in [3.05, 3.63) is 54.9 Å². The lowest BCUT2D eigenvalue weighted by atomic mass is 9.73. The zero-order valence-corrected chi connectivity index (χ0v) is 15.6. The van der Waals surface area contributed by atoms with Gasteiger partial charge in [0.1, 0.15) is 24.0 Å². The van der Waals surface area contributed by atoms with E-state index in [4.69, 9.17) is 5.26 Å². The molecule has 2 aromatic heterocycles. The van der Waals surface area contributed by atoms with Crippen molar-refractivity contribution in [3.63, 3.8) is 0 Å². The molecule has 140 valence electrons. The second-order valence-corrected chi connectivity index (χ2v) is 7.73. The molecule has 2 saturated heterocycles. The van der Waals surface area contributed by atoms with Crippen LogP contribution in [0.2, 0.25) is 0 Å². The van der Waals surface area contributed by atoms with Crippen molar-refractivity contribution in [2.75, 3.05) is 43.4 Å². The summed E-state index contributed by atoms with van der Waals surface area (Å²) in [6, 6.07) is 10.5. The molecule has 0 bridgehead atoms. The van der Waals surface area contributed by atoms with E-state index in [-0.39, 0.29) is 5.69 Å². The summed E-state index contributed by atoms with van der Waals surface area (Å²) in [5.74, 6) is 1.22. The molecule has 8 nitrogen and oxygen atoms in total. The fourth-order valence-electron chi connectivity index (χ4n) is 4.19. The number of aromatic nitrogens is 4. The number of likely N-dealkylation sites (tertiary alicyclic amines) is 1. The maximum absolute atomic E-state index is 8.78. The Bertz CT molecular complexity index is 1020. The van der Waals surface area contributed by atoms with Crippen molar-refractivity contribution in [3.8, 4) is 11.8 Å². The molecule has 0 unspecified atom stereocenters. The summed E-state index contributed by atoms with van der Waals surface area (Å²) < 4.78 is 1.96. The van der Waals surface area contributed by atoms with Gasteiger partial charge in [0.05, 0.1) is 18.6 Å². The molecule has 1 spiro atoms. The minimum absolute atomic E-state index is 0.286. The number of anilines is 3. The van der Waals surface area contributed by atoms with Crippen LogP contribution in [0.25, 0.3) is 5.69 Å². The molecule has 0 aliphatic carbocycles. The van der Waals surface area contributed by atoms with E-state index in [1.165, 1.54) is 31.2 Å². The maximum Gasteiger partial charge on any atom is 0.158 e. The number of nitriles is 1. The molecule has 2 fully saturated rings. The van der Waals surface area contributed by atoms with Crippen LogP contribution in [0.1, 0.15) is 5.69 Å². The van der Waals surface area contributed by atoms with Crippen molar-refractivity contribution < 1.29 is 0 Å². The molecule has 5 rings (SSSR count). The Morgan fingerprint density at radius 3 is 2.36 bits per heavy atom. The molecule has 0 radical (unpaired) electrons. The van der Waals surface area contributed by atoms with Gasteiger partial charge in [-0.15, -0.1) is 0 Å². The van der Waals surface area contributed by atoms with E-state index in [0.717, 1.165) is 18.8 Å². The van der Waals surface area contributed by atoms with Crippen LogP contribution in [0.5, 0.6) is 0 Å². The van der Waals surface area contributed by atoms with Crippen LogP contribution in [0.15, 0.2) is 49.2 Å². The minimum Gasteiger partial charge on any atom is -0.370 e. The van der Waals surface area contributed by atoms with Crippen molar-refractivity contribution in [1.82, 2.24) is 24.4 Å². The second kappa shape index (κ2) is 6.32. The zero-order chi connectivity index (χ0) is 19.1. The first-order valence-electron chi connectivity index (χ1n) is 9.20. The molecule has 28 heavy (non-hydrogen) atoms. The first-order chi connectivity index (χ1) is 13.6. The van der Waals surface area contributed by atoms with Crippen LogP contribution < -0.4 is 10.2 Å². The Morgan fingerprint density at radius 1 is 0.964 bits per heavy atom. The van der Waals surface area contributed by atoms with Crippen LogP contribution in [-0.2, 0) is 0 Å². The first kappa shape index (κ1) is 16.7. The summed E-state index contributed by atoms with van der Waals surface area (Å²) >= 11 is 0. The molecular formula is C20H20N8. The minimum atomic E-state index is 0.286. The smallest absolute Gasteiger partial charge is 0.158 e. The predicted molar refractivity (Wildman–Crippen MR) is 106 cm³/mol. The Morgan fingerprint density at radius 2 is 1.71 bits per heavy atom. The highest BCUT2D eigenvalue weighted by atomic mass is 15.3. The molecule has 0 atom stereocenters. The number of nitrogens with zero attached hydrogens (tertiary/aromatic N) is 7. The van der Waals surface area contributed by atoms with Gasteiger partial charge in [-0.3, -0.25) is 0 Å². The maximum atomic E-state index is 8.78. The fourth-order valence-corrected chi connectivity index (χ4v) is 4.19. The summed E-state index contributed by atoms with van der Waals surface area (Å²) in [6.45, 7) is 4.74. The van der Waals surface area contributed by atoms with E-state index in [1.54, 1.807) is 6.33 Å². The van der Waals surface area contributed by atoms with Gasteiger partial charge in [-0.2, -0.15) is 5.26 Å². The Balaban J connectivity index is 1.24. The topological polar surface area (TPSA) is 85.9 Å². The summed E-state index contributed by atoms with van der Waals surface area (Å²) in [5.41, 5.74) is 3.14. The summed E-state index contributed by atoms with van der Waals surface area (Å²) in [6.07, 6.45) is 6.61. The lowest BCUT2D eigenvalue weighted by Gasteiger charge is -2.60. The SMILES string of the molecule is CN1CC2(C1)CN(c1ccc(-n3cnc(Nc4cnc(C#N)cn4)c3)cc1)C2. The van der Waals surface area contributed by atoms with E-state index in [0.29, 0.717) is 17.1 Å². The van der Waals surface area contributed by atoms with E-state index >= 15 is 0 Å². The van der Waals surface area contributed by atoms with Gasteiger partial charge < -0.3 is 19.7 Å². The third-order valence-corrected chi connectivity index (χ3v) is 5.38. The van der Waals surface area contributed by atoms with Gasteiger partial charge in [-0.25, -0.2) is 15.0 Å². The van der Waals surface area contributed by atoms with Crippen LogP contribution >= 0.6 is 0 Å². The number of hydrogen-bond donors (Lipinski definition) is 1.